The molecule has 2 aliphatic rings. The van der Waals surface area contributed by atoms with Gasteiger partial charge in [0, 0.05) is 127 Å². The molecule has 0 aromatic heterocycles. The van der Waals surface area contributed by atoms with Gasteiger partial charge < -0.3 is 37.3 Å². The number of rotatable bonds is 16. The third-order valence-corrected chi connectivity index (χ3v) is 12.6. The molecule has 0 bridgehead atoms. The molecule has 0 radical (unpaired) electrons. The number of amides is 2. The standard InChI is InChI=1S/C34H44N4OS2.C15H21NO.C6H14.C3H2F3.CH3NO.Ce/c1-5-36(6-2)28-14-9-25(10-15-28)34(26-11-16-29(17-12-26)37(7-3)8-4)30-23-27(31(40)24-32(30)41)13-18-33(39)38-21-19-35-20-22-38;1-12(2)10-11-16-13(3)4-5-14-6-8-15(17)9-7-14;1-5-6(2,3)4;1-2-3(4,5)6;2-1-3;/h9-12,14-17,23-24,35H,5-8,13,18-22H2,1-4H3,(H,40,41);4-9,12,16-17H,3,10-11H2,1-2H3;5H2,1-4H3;1H2;1H,(H2,2,3);/q;;;-1;;/p+1/b;5-4+;;;;. The van der Waals surface area contributed by atoms with E-state index in [0.29, 0.717) is 24.2 Å². The molecule has 5 rings (SSSR count). The van der Waals surface area contributed by atoms with E-state index in [0.717, 1.165) is 120 Å². The Kier molecular flexibility index (Phi) is 35.6. The second-order valence-corrected chi connectivity index (χ2v) is 19.7. The number of aryl methyl sites for hydroxylation is 1. The number of alkyl halides is 3. The van der Waals surface area contributed by atoms with Crippen molar-refractivity contribution in [3.63, 3.8) is 0 Å². The summed E-state index contributed by atoms with van der Waals surface area (Å²) in [4.78, 5) is 27.6. The van der Waals surface area contributed by atoms with Crippen molar-refractivity contribution in [2.45, 2.75) is 111 Å². The molecule has 1 saturated heterocycles. The number of allylic oxidation sites excluding steroid dienone is 7. The summed E-state index contributed by atoms with van der Waals surface area (Å²) in [5, 5.41) is 15.7. The van der Waals surface area contributed by atoms with Crippen LogP contribution in [0.15, 0.2) is 125 Å². The maximum Gasteiger partial charge on any atom is 0.265 e. The summed E-state index contributed by atoms with van der Waals surface area (Å²) in [5.74, 6) is 1.20. The maximum absolute atomic E-state index is 12.9. The summed E-state index contributed by atoms with van der Waals surface area (Å²) in [5.41, 5.74) is 14.7. The number of aromatic hydroxyl groups is 1. The van der Waals surface area contributed by atoms with E-state index in [4.69, 9.17) is 35.2 Å². The van der Waals surface area contributed by atoms with Gasteiger partial charge in [0.1, 0.15) is 18.8 Å². The molecule has 2 amide bonds. The number of benzene rings is 3. The van der Waals surface area contributed by atoms with Gasteiger partial charge in [0.2, 0.25) is 12.3 Å². The van der Waals surface area contributed by atoms with Crippen LogP contribution in [0.25, 0.3) is 11.6 Å². The molecule has 1 heterocycles. The molecule has 1 aliphatic carbocycles. The van der Waals surface area contributed by atoms with Crippen molar-refractivity contribution in [3.05, 3.63) is 144 Å². The van der Waals surface area contributed by atoms with Gasteiger partial charge in [0.05, 0.1) is 0 Å². The van der Waals surface area contributed by atoms with Crippen LogP contribution >= 0.6 is 25.3 Å². The third-order valence-electron chi connectivity index (χ3n) is 11.8. The van der Waals surface area contributed by atoms with Crippen LogP contribution in [0.1, 0.15) is 111 Å². The minimum absolute atomic E-state index is 0. The number of phenolic OH excluding ortho intramolecular Hbond substituents is 1. The van der Waals surface area contributed by atoms with Gasteiger partial charge in [-0.15, -0.1) is 25.3 Å². The number of nitrogens with zero attached hydrogens (tertiary/aromatic N) is 3. The van der Waals surface area contributed by atoms with Crippen molar-refractivity contribution < 1.29 is 74.2 Å². The first kappa shape index (κ1) is 69.9. The first-order valence-corrected chi connectivity index (χ1v) is 26.2. The van der Waals surface area contributed by atoms with E-state index in [1.165, 1.54) is 17.8 Å². The van der Waals surface area contributed by atoms with Crippen molar-refractivity contribution >= 4 is 60.6 Å². The summed E-state index contributed by atoms with van der Waals surface area (Å²) in [6.45, 7) is 36.5. The largest absolute Gasteiger partial charge is 0.508 e. The molecule has 0 unspecified atom stereocenters. The third kappa shape index (κ3) is 28.2. The second kappa shape index (κ2) is 37.6. The molecule has 0 atom stereocenters. The number of nitrogens with two attached hydrogens (primary N) is 1. The predicted molar refractivity (Wildman–Crippen MR) is 308 cm³/mol. The van der Waals surface area contributed by atoms with Gasteiger partial charge in [-0.05, 0) is 140 Å². The number of carbonyl (C=O) groups is 2. The van der Waals surface area contributed by atoms with Crippen molar-refractivity contribution in [3.8, 4) is 5.75 Å². The first-order chi connectivity index (χ1) is 34.5. The Labute approximate surface area is 487 Å². The minimum atomic E-state index is -4.32. The topological polar surface area (TPSA) is 114 Å². The Morgan fingerprint density at radius 3 is 1.92 bits per heavy atom. The van der Waals surface area contributed by atoms with Crippen LogP contribution in [-0.2, 0) is 16.0 Å². The first-order valence-electron chi connectivity index (χ1n) is 25.3. The molecular formula is C59H85CeF3N6O3S2. The van der Waals surface area contributed by atoms with Crippen LogP contribution < -0.4 is 21.3 Å². The van der Waals surface area contributed by atoms with Crippen molar-refractivity contribution in [1.82, 2.24) is 15.5 Å². The van der Waals surface area contributed by atoms with Gasteiger partial charge >= 0.3 is 0 Å². The van der Waals surface area contributed by atoms with Gasteiger partial charge in [-0.3, -0.25) is 16.2 Å². The fourth-order valence-electron chi connectivity index (χ4n) is 7.03. The summed E-state index contributed by atoms with van der Waals surface area (Å²) in [6, 6.07) is 20.2. The number of phenols is 1. The number of nitrogens with one attached hydrogen (secondary N) is 2. The fraction of sp³-hybridized carbons (Fsp3) is 0.441. The number of halogens is 3. The molecular weight excluding hydrogens is 1100 g/mol. The van der Waals surface area contributed by atoms with Crippen LogP contribution in [0.2, 0.25) is 0 Å². The Hall–Kier alpha value is -4.06. The fourth-order valence-corrected chi connectivity index (χ4v) is 7.74. The number of primary amides is 1. The smallest absolute Gasteiger partial charge is 0.265 e. The molecule has 3 aromatic carbocycles. The SMILES string of the molecule is C=C(/C=C/c1ccc(O)cc1)NCCC(C)C.C=[C-]C(F)(F)F.CCC(C)(C)C.CCN(CC)c1ccc(C(=C2C=CC(=[N+](CC)CC)C=C2)c2cc(CCC(=O)N3CCNCC3)c(S)cc2S)cc1.NC=O.[Ce]. The van der Waals surface area contributed by atoms with E-state index in [2.05, 4.69) is 163 Å². The van der Waals surface area contributed by atoms with Gasteiger partial charge in [0.25, 0.3) is 6.18 Å². The average molecular weight is 1190 g/mol. The van der Waals surface area contributed by atoms with Crippen LogP contribution in [0.4, 0.5) is 18.9 Å². The monoisotopic (exact) mass is 1190 g/mol. The zero-order chi connectivity index (χ0) is 55.1. The van der Waals surface area contributed by atoms with E-state index in [1.54, 1.807) is 12.1 Å². The zero-order valence-electron chi connectivity index (χ0n) is 45.7. The van der Waals surface area contributed by atoms with E-state index in [1.807, 2.05) is 35.3 Å². The Balaban J connectivity index is 0.00000132. The van der Waals surface area contributed by atoms with Crippen LogP contribution in [0.5, 0.6) is 5.75 Å². The molecule has 406 valence electrons. The van der Waals surface area contributed by atoms with E-state index < -0.39 is 6.18 Å². The summed E-state index contributed by atoms with van der Waals surface area (Å²) in [7, 11) is 0. The second-order valence-electron chi connectivity index (χ2n) is 18.7. The predicted octanol–water partition coefficient (Wildman–Crippen LogP) is 12.5. The summed E-state index contributed by atoms with van der Waals surface area (Å²) >= 11 is 9.74. The number of anilines is 1. The van der Waals surface area contributed by atoms with Crippen LogP contribution in [0.3, 0.4) is 0 Å². The van der Waals surface area contributed by atoms with Crippen LogP contribution in [-0.4, -0.2) is 97.7 Å². The average Bonchev–Trinajstić information content (AvgIpc) is 3.36. The van der Waals surface area contributed by atoms with Gasteiger partial charge in [0.15, 0.2) is 5.71 Å². The zero-order valence-corrected chi connectivity index (χ0v) is 50.6. The Morgan fingerprint density at radius 2 is 1.46 bits per heavy atom. The molecule has 1 fully saturated rings. The van der Waals surface area contributed by atoms with Crippen molar-refractivity contribution in [2.75, 3.05) is 63.8 Å². The quantitative estimate of drug-likeness (QED) is 0.0280. The van der Waals surface area contributed by atoms with E-state index >= 15 is 0 Å². The molecule has 1 aliphatic heterocycles. The van der Waals surface area contributed by atoms with Gasteiger partial charge in [-0.1, -0.05) is 84.9 Å². The molecule has 15 heteroatoms. The Morgan fingerprint density at radius 1 is 0.932 bits per heavy atom. The number of hydrogen-bond donors (Lipinski definition) is 6. The van der Waals surface area contributed by atoms with Gasteiger partial charge in [-0.25, -0.2) is 17.7 Å². The van der Waals surface area contributed by atoms with Crippen molar-refractivity contribution in [1.29, 1.82) is 0 Å². The van der Waals surface area contributed by atoms with Crippen molar-refractivity contribution in [2.24, 2.45) is 17.1 Å². The summed E-state index contributed by atoms with van der Waals surface area (Å²) < 4.78 is 34.2. The molecule has 3 aromatic rings. The number of carbonyl (C=O) groups excluding carboxylic acids is 2. The molecule has 0 saturated carbocycles. The number of piperazine rings is 1. The van der Waals surface area contributed by atoms with Crippen LogP contribution in [0, 0.1) is 59.2 Å². The molecule has 0 spiro atoms. The normalized spacial score (nSPS) is 12.8. The van der Waals surface area contributed by atoms with E-state index in [9.17, 15) is 18.0 Å². The minimum Gasteiger partial charge on any atom is -0.508 e. The number of hydrogen-bond acceptors (Lipinski definition) is 8. The maximum atomic E-state index is 12.9. The Bertz CT molecular complexity index is 2290. The summed E-state index contributed by atoms with van der Waals surface area (Å²) in [6.07, 6.45) is 13.1. The molecule has 9 nitrogen and oxygen atoms in total. The number of thiol groups is 2. The van der Waals surface area contributed by atoms with E-state index in [-0.39, 0.29) is 59.8 Å². The molecule has 5 N–H and O–H groups in total. The van der Waals surface area contributed by atoms with Gasteiger partial charge in [-0.2, -0.15) is 0 Å². The molecule has 74 heavy (non-hydrogen) atoms.